The van der Waals surface area contributed by atoms with Crippen LogP contribution in [0, 0.1) is 0 Å². The summed E-state index contributed by atoms with van der Waals surface area (Å²) in [5, 5.41) is 3.55. The molecule has 1 heterocycles. The molecule has 0 saturated heterocycles. The first-order valence-electron chi connectivity index (χ1n) is 6.72. The molecule has 108 valence electrons. The highest BCUT2D eigenvalue weighted by atomic mass is 35.5. The highest BCUT2D eigenvalue weighted by Gasteiger charge is 2.22. The van der Waals surface area contributed by atoms with Crippen molar-refractivity contribution in [3.63, 3.8) is 0 Å². The first-order chi connectivity index (χ1) is 10.1. The van der Waals surface area contributed by atoms with Crippen LogP contribution in [0.25, 0.3) is 0 Å². The molecule has 0 aromatic heterocycles. The number of benzene rings is 2. The van der Waals surface area contributed by atoms with Crippen molar-refractivity contribution in [1.82, 2.24) is 5.32 Å². The van der Waals surface area contributed by atoms with Crippen molar-refractivity contribution in [3.05, 3.63) is 58.6 Å². The van der Waals surface area contributed by atoms with Crippen LogP contribution in [0.1, 0.15) is 28.4 Å². The van der Waals surface area contributed by atoms with E-state index in [1.165, 1.54) is 10.5 Å². The van der Waals surface area contributed by atoms with Crippen molar-refractivity contribution in [2.24, 2.45) is 0 Å². The molecule has 1 atom stereocenters. The van der Waals surface area contributed by atoms with Gasteiger partial charge in [-0.05, 0) is 36.2 Å². The molecule has 0 radical (unpaired) electrons. The molecule has 1 amide bonds. The Labute approximate surface area is 132 Å². The molecular weight excluding hydrogens is 304 g/mol. The number of nitrogen functional groups attached to an aromatic ring is 1. The number of amides is 1. The van der Waals surface area contributed by atoms with Gasteiger partial charge in [-0.3, -0.25) is 4.79 Å². The van der Waals surface area contributed by atoms with Crippen LogP contribution >= 0.6 is 23.4 Å². The number of nitrogens with two attached hydrogens (primary N) is 1. The molecule has 3 rings (SSSR count). The summed E-state index contributed by atoms with van der Waals surface area (Å²) in [5.74, 6) is 0.857. The van der Waals surface area contributed by atoms with Gasteiger partial charge in [-0.25, -0.2) is 0 Å². The molecule has 3 N–H and O–H groups in total. The van der Waals surface area contributed by atoms with E-state index in [2.05, 4.69) is 17.4 Å². The van der Waals surface area contributed by atoms with Gasteiger partial charge in [-0.15, -0.1) is 11.8 Å². The zero-order valence-corrected chi connectivity index (χ0v) is 12.9. The number of anilines is 1. The molecule has 3 nitrogen and oxygen atoms in total. The van der Waals surface area contributed by atoms with Crippen LogP contribution in [-0.4, -0.2) is 11.7 Å². The number of thioether (sulfide) groups is 1. The first kappa shape index (κ1) is 14.3. The zero-order valence-electron chi connectivity index (χ0n) is 11.3. The number of nitrogens with one attached hydrogen (secondary N) is 1. The molecule has 0 spiro atoms. The van der Waals surface area contributed by atoms with Gasteiger partial charge in [0, 0.05) is 26.9 Å². The topological polar surface area (TPSA) is 55.1 Å². The molecule has 1 aliphatic rings. The molecule has 2 aromatic carbocycles. The Kier molecular flexibility index (Phi) is 4.08. The van der Waals surface area contributed by atoms with Crippen LogP contribution in [0.5, 0.6) is 0 Å². The molecule has 0 aliphatic carbocycles. The van der Waals surface area contributed by atoms with E-state index in [4.69, 9.17) is 17.3 Å². The van der Waals surface area contributed by atoms with E-state index < -0.39 is 0 Å². The number of fused-ring (bicyclic) bond motifs is 1. The van der Waals surface area contributed by atoms with Crippen LogP contribution in [0.2, 0.25) is 5.02 Å². The highest BCUT2D eigenvalue weighted by Crippen LogP contribution is 2.36. The summed E-state index contributed by atoms with van der Waals surface area (Å²) in [7, 11) is 0. The third kappa shape index (κ3) is 3.17. The maximum absolute atomic E-state index is 12.4. The van der Waals surface area contributed by atoms with Crippen molar-refractivity contribution >= 4 is 35.0 Å². The van der Waals surface area contributed by atoms with Gasteiger partial charge in [0.2, 0.25) is 0 Å². The maximum atomic E-state index is 12.4. The normalized spacial score (nSPS) is 17.1. The number of hydrogen-bond acceptors (Lipinski definition) is 3. The van der Waals surface area contributed by atoms with Crippen molar-refractivity contribution in [2.45, 2.75) is 17.4 Å². The predicted molar refractivity (Wildman–Crippen MR) is 87.9 cm³/mol. The number of halogens is 1. The lowest BCUT2D eigenvalue weighted by molar-refractivity contribution is 0.0935. The standard InChI is InChI=1S/C16H15ClN2OS/c17-11-7-10(8-12(18)9-11)16(20)19-14-5-6-21-15-4-2-1-3-13(14)15/h1-4,7-9,14H,5-6,18H2,(H,19,20). The Morgan fingerprint density at radius 1 is 1.29 bits per heavy atom. The fourth-order valence-electron chi connectivity index (χ4n) is 2.48. The smallest absolute Gasteiger partial charge is 0.251 e. The summed E-state index contributed by atoms with van der Waals surface area (Å²) in [4.78, 5) is 13.6. The summed E-state index contributed by atoms with van der Waals surface area (Å²) in [6, 6.07) is 13.1. The van der Waals surface area contributed by atoms with Gasteiger partial charge in [0.05, 0.1) is 6.04 Å². The third-order valence-corrected chi connectivity index (χ3v) is 4.79. The van der Waals surface area contributed by atoms with Gasteiger partial charge in [0.1, 0.15) is 0 Å². The highest BCUT2D eigenvalue weighted by molar-refractivity contribution is 7.99. The Hall–Kier alpha value is -1.65. The maximum Gasteiger partial charge on any atom is 0.251 e. The van der Waals surface area contributed by atoms with E-state index in [1.54, 1.807) is 18.2 Å². The molecule has 0 fully saturated rings. The molecule has 2 aromatic rings. The van der Waals surface area contributed by atoms with E-state index in [-0.39, 0.29) is 11.9 Å². The summed E-state index contributed by atoms with van der Waals surface area (Å²) in [5.41, 5.74) is 7.91. The molecule has 0 bridgehead atoms. The zero-order chi connectivity index (χ0) is 14.8. The largest absolute Gasteiger partial charge is 0.399 e. The fourth-order valence-corrected chi connectivity index (χ4v) is 3.85. The van der Waals surface area contributed by atoms with Crippen LogP contribution < -0.4 is 11.1 Å². The Morgan fingerprint density at radius 2 is 2.10 bits per heavy atom. The SMILES string of the molecule is Nc1cc(Cl)cc(C(=O)NC2CCSc3ccccc32)c1. The monoisotopic (exact) mass is 318 g/mol. The first-order valence-corrected chi connectivity index (χ1v) is 8.08. The molecule has 5 heteroatoms. The number of carbonyl (C=O) groups is 1. The van der Waals surface area contributed by atoms with Gasteiger partial charge in [0.25, 0.3) is 5.91 Å². The molecule has 0 saturated carbocycles. The quantitative estimate of drug-likeness (QED) is 0.826. The minimum absolute atomic E-state index is 0.0372. The summed E-state index contributed by atoms with van der Waals surface area (Å²) in [6.45, 7) is 0. The lowest BCUT2D eigenvalue weighted by atomic mass is 10.0. The number of hydrogen-bond donors (Lipinski definition) is 2. The molecule has 1 unspecified atom stereocenters. The predicted octanol–water partition coefficient (Wildman–Crippen LogP) is 3.89. The van der Waals surface area contributed by atoms with E-state index in [0.717, 1.165) is 12.2 Å². The molecule has 21 heavy (non-hydrogen) atoms. The lowest BCUT2D eigenvalue weighted by Crippen LogP contribution is -2.30. The van der Waals surface area contributed by atoms with E-state index in [1.807, 2.05) is 23.9 Å². The van der Waals surface area contributed by atoms with Crippen molar-refractivity contribution in [1.29, 1.82) is 0 Å². The second-order valence-corrected chi connectivity index (χ2v) is 6.55. The summed E-state index contributed by atoms with van der Waals surface area (Å²) >= 11 is 7.78. The van der Waals surface area contributed by atoms with Crippen molar-refractivity contribution in [2.75, 3.05) is 11.5 Å². The lowest BCUT2D eigenvalue weighted by Gasteiger charge is -2.26. The van der Waals surface area contributed by atoms with Crippen LogP contribution in [-0.2, 0) is 0 Å². The minimum Gasteiger partial charge on any atom is -0.399 e. The van der Waals surface area contributed by atoms with Gasteiger partial charge in [0.15, 0.2) is 0 Å². The summed E-state index contributed by atoms with van der Waals surface area (Å²) in [6.07, 6.45) is 0.920. The third-order valence-electron chi connectivity index (χ3n) is 3.45. The number of rotatable bonds is 2. The second kappa shape index (κ2) is 6.00. The van der Waals surface area contributed by atoms with Crippen LogP contribution in [0.15, 0.2) is 47.4 Å². The van der Waals surface area contributed by atoms with E-state index in [9.17, 15) is 4.79 Å². The molecule has 1 aliphatic heterocycles. The average molecular weight is 319 g/mol. The Morgan fingerprint density at radius 3 is 2.90 bits per heavy atom. The Balaban J connectivity index is 1.82. The number of carbonyl (C=O) groups excluding carboxylic acids is 1. The Bertz CT molecular complexity index is 669. The van der Waals surface area contributed by atoms with Gasteiger partial charge in [-0.2, -0.15) is 0 Å². The van der Waals surface area contributed by atoms with Crippen molar-refractivity contribution in [3.8, 4) is 0 Å². The second-order valence-electron chi connectivity index (χ2n) is 4.97. The fraction of sp³-hybridized carbons (Fsp3) is 0.188. The van der Waals surface area contributed by atoms with Gasteiger partial charge in [-0.1, -0.05) is 29.8 Å². The van der Waals surface area contributed by atoms with Crippen molar-refractivity contribution < 1.29 is 4.79 Å². The van der Waals surface area contributed by atoms with Crippen LogP contribution in [0.4, 0.5) is 5.69 Å². The average Bonchev–Trinajstić information content (AvgIpc) is 2.46. The van der Waals surface area contributed by atoms with Crippen LogP contribution in [0.3, 0.4) is 0 Å². The molecular formula is C16H15ClN2OS. The minimum atomic E-state index is -0.143. The van der Waals surface area contributed by atoms with Gasteiger partial charge >= 0.3 is 0 Å². The van der Waals surface area contributed by atoms with E-state index in [0.29, 0.717) is 16.3 Å². The van der Waals surface area contributed by atoms with Gasteiger partial charge < -0.3 is 11.1 Å². The summed E-state index contributed by atoms with van der Waals surface area (Å²) < 4.78 is 0. The van der Waals surface area contributed by atoms with E-state index >= 15 is 0 Å².